The van der Waals surface area contributed by atoms with E-state index in [0.29, 0.717) is 10.9 Å². The van der Waals surface area contributed by atoms with Crippen molar-refractivity contribution in [2.24, 2.45) is 5.73 Å². The average Bonchev–Trinajstić information content (AvgIpc) is 2.26. The zero-order valence-corrected chi connectivity index (χ0v) is 10.7. The highest BCUT2D eigenvalue weighted by Crippen LogP contribution is 2.28. The number of benzene rings is 1. The molecular weight excluding hydrogens is 296 g/mol. The second-order valence-electron chi connectivity index (χ2n) is 3.22. The monoisotopic (exact) mass is 305 g/mol. The van der Waals surface area contributed by atoms with Gasteiger partial charge >= 0.3 is 0 Å². The summed E-state index contributed by atoms with van der Waals surface area (Å²) < 4.78 is 14.1. The van der Waals surface area contributed by atoms with E-state index in [1.807, 2.05) is 0 Å². The molecule has 5 heteroatoms. The first kappa shape index (κ1) is 13.4. The van der Waals surface area contributed by atoms with Crippen LogP contribution in [0.5, 0.6) is 0 Å². The second-order valence-corrected chi connectivity index (χ2v) is 4.45. The van der Waals surface area contributed by atoms with Crippen molar-refractivity contribution in [3.8, 4) is 0 Å². The van der Waals surface area contributed by atoms with E-state index in [1.54, 1.807) is 0 Å². The molecule has 0 aliphatic heterocycles. The Morgan fingerprint density at radius 1 is 1.69 bits per heavy atom. The summed E-state index contributed by atoms with van der Waals surface area (Å²) >= 11 is 8.74. The van der Waals surface area contributed by atoms with E-state index >= 15 is 0 Å². The lowest BCUT2D eigenvalue weighted by atomic mass is 10.0. The van der Waals surface area contributed by atoms with Gasteiger partial charge < -0.3 is 5.73 Å². The van der Waals surface area contributed by atoms with Crippen molar-refractivity contribution in [3.63, 3.8) is 0 Å². The molecule has 1 aromatic carbocycles. The Balaban J connectivity index is 3.10. The van der Waals surface area contributed by atoms with Gasteiger partial charge in [-0.2, -0.15) is 0 Å². The van der Waals surface area contributed by atoms with Gasteiger partial charge in [-0.15, -0.1) is 6.58 Å². The highest BCUT2D eigenvalue weighted by Gasteiger charge is 2.20. The summed E-state index contributed by atoms with van der Waals surface area (Å²) in [5, 5.41) is -0.114. The highest BCUT2D eigenvalue weighted by molar-refractivity contribution is 9.10. The quantitative estimate of drug-likeness (QED) is 0.527. The molecule has 0 spiro atoms. The van der Waals surface area contributed by atoms with Gasteiger partial charge in [-0.25, -0.2) is 4.39 Å². The predicted octanol–water partition coefficient (Wildman–Crippen LogP) is 3.33. The third-order valence-corrected chi connectivity index (χ3v) is 3.32. The molecule has 0 aromatic heterocycles. The fraction of sp³-hybridized carbons (Fsp3) is 0.182. The third kappa shape index (κ3) is 2.70. The maximum absolute atomic E-state index is 13.6. The molecule has 0 aliphatic carbocycles. The molecule has 1 aromatic rings. The van der Waals surface area contributed by atoms with Crippen molar-refractivity contribution in [2.75, 3.05) is 0 Å². The van der Waals surface area contributed by atoms with Crippen LogP contribution in [-0.2, 0) is 0 Å². The maximum Gasteiger partial charge on any atom is 0.182 e. The van der Waals surface area contributed by atoms with Gasteiger partial charge in [0.2, 0.25) is 0 Å². The number of carbonyl (C=O) groups is 1. The van der Waals surface area contributed by atoms with Gasteiger partial charge in [0, 0.05) is 4.47 Å². The lowest BCUT2D eigenvalue weighted by molar-refractivity contribution is 0.0958. The predicted molar refractivity (Wildman–Crippen MR) is 66.2 cm³/mol. The van der Waals surface area contributed by atoms with E-state index in [-0.39, 0.29) is 10.6 Å². The van der Waals surface area contributed by atoms with E-state index in [1.165, 1.54) is 18.2 Å². The molecule has 86 valence electrons. The third-order valence-electron chi connectivity index (χ3n) is 2.06. The van der Waals surface area contributed by atoms with Gasteiger partial charge in [-0.05, 0) is 34.5 Å². The Morgan fingerprint density at radius 2 is 2.31 bits per heavy atom. The Bertz CT molecular complexity index is 436. The molecule has 0 fully saturated rings. The van der Waals surface area contributed by atoms with Crippen LogP contribution in [0.25, 0.3) is 0 Å². The van der Waals surface area contributed by atoms with Crippen LogP contribution < -0.4 is 5.73 Å². The highest BCUT2D eigenvalue weighted by atomic mass is 79.9. The number of hydrogen-bond acceptors (Lipinski definition) is 2. The molecule has 0 bridgehead atoms. The van der Waals surface area contributed by atoms with Crippen LogP contribution in [-0.4, -0.2) is 11.8 Å². The van der Waals surface area contributed by atoms with Crippen LogP contribution in [0.2, 0.25) is 5.02 Å². The van der Waals surface area contributed by atoms with Crippen LogP contribution in [0.4, 0.5) is 4.39 Å². The maximum atomic E-state index is 13.6. The van der Waals surface area contributed by atoms with Gasteiger partial charge in [-0.1, -0.05) is 17.7 Å². The Hall–Kier alpha value is -0.710. The smallest absolute Gasteiger partial charge is 0.182 e. The zero-order chi connectivity index (χ0) is 12.3. The van der Waals surface area contributed by atoms with Crippen molar-refractivity contribution in [1.82, 2.24) is 0 Å². The minimum absolute atomic E-state index is 0.0949. The zero-order valence-electron chi connectivity index (χ0n) is 8.34. The molecule has 2 nitrogen and oxygen atoms in total. The minimum atomic E-state index is -0.788. The van der Waals surface area contributed by atoms with Crippen molar-refractivity contribution in [1.29, 1.82) is 0 Å². The van der Waals surface area contributed by atoms with Crippen molar-refractivity contribution in [3.05, 3.63) is 45.7 Å². The number of hydrogen-bond donors (Lipinski definition) is 1. The van der Waals surface area contributed by atoms with E-state index < -0.39 is 17.6 Å². The summed E-state index contributed by atoms with van der Waals surface area (Å²) in [7, 11) is 0. The molecule has 0 heterocycles. The molecule has 0 amide bonds. The first-order valence-corrected chi connectivity index (χ1v) is 5.70. The van der Waals surface area contributed by atoms with E-state index in [4.69, 9.17) is 17.3 Å². The van der Waals surface area contributed by atoms with Gasteiger partial charge in [0.15, 0.2) is 11.6 Å². The SMILES string of the molecule is C=CCC(N)C(=O)c1ccc(Br)c(Cl)c1F. The summed E-state index contributed by atoms with van der Waals surface area (Å²) in [5.41, 5.74) is 5.48. The van der Waals surface area contributed by atoms with E-state index in [0.717, 1.165) is 0 Å². The summed E-state index contributed by atoms with van der Waals surface area (Å²) in [6, 6.07) is 2.08. The molecule has 0 saturated heterocycles. The number of Topliss-reactive ketones (excluding diaryl/α,β-unsaturated/α-hetero) is 1. The van der Waals surface area contributed by atoms with Gasteiger partial charge in [0.1, 0.15) is 0 Å². The summed E-state index contributed by atoms with van der Waals surface area (Å²) in [6.45, 7) is 3.47. The van der Waals surface area contributed by atoms with Crippen molar-refractivity contribution in [2.45, 2.75) is 12.5 Å². The molecule has 1 atom stereocenters. The van der Waals surface area contributed by atoms with Crippen LogP contribution in [0.1, 0.15) is 16.8 Å². The van der Waals surface area contributed by atoms with Crippen molar-refractivity contribution >= 4 is 33.3 Å². The van der Waals surface area contributed by atoms with Crippen LogP contribution in [0.15, 0.2) is 29.3 Å². The first-order valence-electron chi connectivity index (χ1n) is 4.53. The van der Waals surface area contributed by atoms with Gasteiger partial charge in [0.05, 0.1) is 16.6 Å². The molecule has 0 aliphatic rings. The fourth-order valence-corrected chi connectivity index (χ4v) is 1.67. The minimum Gasteiger partial charge on any atom is -0.321 e. The van der Waals surface area contributed by atoms with Crippen molar-refractivity contribution < 1.29 is 9.18 Å². The van der Waals surface area contributed by atoms with Crippen LogP contribution in [0, 0.1) is 5.82 Å². The molecule has 1 unspecified atom stereocenters. The normalized spacial score (nSPS) is 12.2. The van der Waals surface area contributed by atoms with E-state index in [9.17, 15) is 9.18 Å². The molecule has 16 heavy (non-hydrogen) atoms. The van der Waals surface area contributed by atoms with E-state index in [2.05, 4.69) is 22.5 Å². The standard InChI is InChI=1S/C11H10BrClFNO/c1-2-3-8(15)11(16)6-4-5-7(12)9(13)10(6)14/h2,4-5,8H,1,3,15H2. The summed E-state index contributed by atoms with van der Waals surface area (Å²) in [4.78, 5) is 11.7. The Kier molecular flexibility index (Phi) is 4.65. The Morgan fingerprint density at radius 3 is 2.88 bits per heavy atom. The first-order chi connectivity index (χ1) is 7.49. The Labute approximate surface area is 106 Å². The largest absolute Gasteiger partial charge is 0.321 e. The lowest BCUT2D eigenvalue weighted by Gasteiger charge is -2.10. The molecule has 2 N–H and O–H groups in total. The number of carbonyl (C=O) groups excluding carboxylic acids is 1. The number of ketones is 1. The number of nitrogens with two attached hydrogens (primary N) is 1. The van der Waals surface area contributed by atoms with Crippen LogP contribution in [0.3, 0.4) is 0 Å². The molecule has 0 saturated carbocycles. The second kappa shape index (κ2) is 5.57. The molecule has 1 rings (SSSR count). The average molecular weight is 307 g/mol. The topological polar surface area (TPSA) is 43.1 Å². The summed E-state index contributed by atoms with van der Waals surface area (Å²) in [5.74, 6) is -1.23. The van der Waals surface area contributed by atoms with Crippen LogP contribution >= 0.6 is 27.5 Å². The summed E-state index contributed by atoms with van der Waals surface area (Å²) in [6.07, 6.45) is 1.81. The lowest BCUT2D eigenvalue weighted by Crippen LogP contribution is -2.30. The number of halogens is 3. The van der Waals surface area contributed by atoms with Gasteiger partial charge in [0.25, 0.3) is 0 Å². The molecular formula is C11H10BrClFNO. The van der Waals surface area contributed by atoms with Gasteiger partial charge in [-0.3, -0.25) is 4.79 Å². The fourth-order valence-electron chi connectivity index (χ4n) is 1.20. The molecule has 0 radical (unpaired) electrons. The number of rotatable bonds is 4.